The summed E-state index contributed by atoms with van der Waals surface area (Å²) in [5, 5.41) is 4.35. The number of nitrogens with zero attached hydrogens (tertiary/aromatic N) is 4. The summed E-state index contributed by atoms with van der Waals surface area (Å²) in [5.74, 6) is 1.25. The zero-order valence-corrected chi connectivity index (χ0v) is 24.5. The van der Waals surface area contributed by atoms with Crippen LogP contribution in [0.25, 0.3) is 11.0 Å². The van der Waals surface area contributed by atoms with E-state index in [2.05, 4.69) is 17.2 Å². The molecule has 1 N–H and O–H groups in total. The Hall–Kier alpha value is -3.50. The number of amides is 3. The molecule has 3 amide bonds. The van der Waals surface area contributed by atoms with Gasteiger partial charge < -0.3 is 29.0 Å². The Morgan fingerprint density at radius 2 is 2.05 bits per heavy atom. The van der Waals surface area contributed by atoms with Crippen molar-refractivity contribution >= 4 is 40.3 Å². The van der Waals surface area contributed by atoms with Gasteiger partial charge in [0, 0.05) is 62.3 Å². The summed E-state index contributed by atoms with van der Waals surface area (Å²) in [5.41, 5.74) is 2.44. The molecule has 4 heterocycles. The normalized spacial score (nSPS) is 15.7. The van der Waals surface area contributed by atoms with Crippen LogP contribution in [0.15, 0.2) is 36.7 Å². The Balaban J connectivity index is 1.28. The van der Waals surface area contributed by atoms with Crippen molar-refractivity contribution in [2.75, 3.05) is 51.5 Å². The summed E-state index contributed by atoms with van der Waals surface area (Å²) < 4.78 is 18.6. The van der Waals surface area contributed by atoms with Crippen LogP contribution in [-0.4, -0.2) is 73.0 Å². The first-order chi connectivity index (χ1) is 20.0. The van der Waals surface area contributed by atoms with E-state index in [1.165, 1.54) is 0 Å². The first-order valence-electron chi connectivity index (χ1n) is 14.3. The van der Waals surface area contributed by atoms with Gasteiger partial charge in [-0.1, -0.05) is 31.4 Å². The highest BCUT2D eigenvalue weighted by Crippen LogP contribution is 2.34. The van der Waals surface area contributed by atoms with E-state index >= 15 is 0 Å². The van der Waals surface area contributed by atoms with Crippen molar-refractivity contribution in [1.29, 1.82) is 0 Å². The number of halogens is 1. The highest BCUT2D eigenvalue weighted by molar-refractivity contribution is 6.35. The highest BCUT2D eigenvalue weighted by atomic mass is 35.5. The predicted octanol–water partition coefficient (Wildman–Crippen LogP) is 4.86. The molecular formula is C30H38ClN5O5. The quantitative estimate of drug-likeness (QED) is 0.289. The molecule has 2 aliphatic heterocycles. The molecule has 3 aromatic rings. The molecule has 2 aromatic heterocycles. The van der Waals surface area contributed by atoms with Crippen molar-refractivity contribution in [2.24, 2.45) is 5.92 Å². The van der Waals surface area contributed by atoms with Crippen LogP contribution in [0.5, 0.6) is 11.5 Å². The van der Waals surface area contributed by atoms with E-state index in [1.54, 1.807) is 18.2 Å². The van der Waals surface area contributed by atoms with E-state index in [4.69, 9.17) is 25.8 Å². The third-order valence-electron chi connectivity index (χ3n) is 7.59. The molecule has 5 rings (SSSR count). The molecular weight excluding hydrogens is 546 g/mol. The van der Waals surface area contributed by atoms with Crippen LogP contribution < -0.4 is 19.7 Å². The second-order valence-electron chi connectivity index (χ2n) is 10.5. The minimum atomic E-state index is -0.0680. The lowest BCUT2D eigenvalue weighted by Gasteiger charge is -2.36. The number of hydrogen-bond donors (Lipinski definition) is 1. The number of carbonyl (C=O) groups excluding carboxylic acids is 2. The smallest absolute Gasteiger partial charge is 0.324 e. The van der Waals surface area contributed by atoms with Gasteiger partial charge in [-0.3, -0.25) is 9.69 Å². The fourth-order valence-corrected chi connectivity index (χ4v) is 5.54. The zero-order valence-electron chi connectivity index (χ0n) is 23.7. The first kappa shape index (κ1) is 29.0. The van der Waals surface area contributed by atoms with Gasteiger partial charge in [-0.05, 0) is 36.6 Å². The van der Waals surface area contributed by atoms with Gasteiger partial charge in [0.2, 0.25) is 5.91 Å². The number of benzene rings is 1. The maximum absolute atomic E-state index is 13.7. The Morgan fingerprint density at radius 1 is 1.20 bits per heavy atom. The molecule has 0 bridgehead atoms. The van der Waals surface area contributed by atoms with Gasteiger partial charge in [-0.15, -0.1) is 0 Å². The van der Waals surface area contributed by atoms with E-state index in [0.717, 1.165) is 48.0 Å². The average Bonchev–Trinajstić information content (AvgIpc) is 3.27. The molecule has 10 nitrogen and oxygen atoms in total. The summed E-state index contributed by atoms with van der Waals surface area (Å²) >= 11 is 6.69. The number of ether oxygens (including phenoxy) is 3. The molecule has 220 valence electrons. The minimum absolute atomic E-state index is 0.00709. The van der Waals surface area contributed by atoms with Crippen LogP contribution in [0, 0.1) is 5.92 Å². The van der Waals surface area contributed by atoms with E-state index in [1.807, 2.05) is 39.9 Å². The molecule has 0 radical (unpaired) electrons. The van der Waals surface area contributed by atoms with Gasteiger partial charge in [0.15, 0.2) is 11.5 Å². The number of unbranched alkanes of at least 4 members (excludes halogenated alkanes) is 2. The Kier molecular flexibility index (Phi) is 9.51. The van der Waals surface area contributed by atoms with Crippen molar-refractivity contribution < 1.29 is 23.8 Å². The molecule has 1 aromatic carbocycles. The number of pyridine rings is 1. The van der Waals surface area contributed by atoms with Gasteiger partial charge in [0.25, 0.3) is 0 Å². The van der Waals surface area contributed by atoms with Gasteiger partial charge in [-0.2, -0.15) is 0 Å². The average molecular weight is 584 g/mol. The van der Waals surface area contributed by atoms with Gasteiger partial charge in [-0.25, -0.2) is 9.78 Å². The van der Waals surface area contributed by atoms with Crippen LogP contribution in [-0.2, 0) is 22.6 Å². The van der Waals surface area contributed by atoms with E-state index in [0.29, 0.717) is 69.1 Å². The monoisotopic (exact) mass is 583 g/mol. The first-order valence-corrected chi connectivity index (χ1v) is 14.7. The predicted molar refractivity (Wildman–Crippen MR) is 158 cm³/mol. The second-order valence-corrected chi connectivity index (χ2v) is 10.9. The molecule has 0 saturated carbocycles. The lowest BCUT2D eigenvalue weighted by molar-refractivity contribution is -0.138. The minimum Gasteiger partial charge on any atom is -0.493 e. The molecule has 11 heteroatoms. The SMILES string of the molecule is CCCCCOc1cc(N2CCCN(Cc3ccnc4c3c(Cl)cn4CCNC(=O)C3COC3)C2=O)ccc1OC. The molecule has 0 unspecified atom stereocenters. The molecule has 41 heavy (non-hydrogen) atoms. The maximum Gasteiger partial charge on any atom is 0.324 e. The number of nitrogens with one attached hydrogen (secondary N) is 1. The molecule has 2 saturated heterocycles. The second kappa shape index (κ2) is 13.4. The zero-order chi connectivity index (χ0) is 28.8. The third-order valence-corrected chi connectivity index (χ3v) is 7.88. The number of aromatic nitrogens is 2. The third kappa shape index (κ3) is 6.54. The number of anilines is 1. The molecule has 0 atom stereocenters. The Labute approximate surface area is 245 Å². The van der Waals surface area contributed by atoms with Crippen LogP contribution in [0.4, 0.5) is 10.5 Å². The van der Waals surface area contributed by atoms with E-state index in [-0.39, 0.29) is 17.9 Å². The van der Waals surface area contributed by atoms with E-state index in [9.17, 15) is 9.59 Å². The fraction of sp³-hybridized carbons (Fsp3) is 0.500. The van der Waals surface area contributed by atoms with Crippen LogP contribution >= 0.6 is 11.6 Å². The number of hydrogen-bond acceptors (Lipinski definition) is 6. The lowest BCUT2D eigenvalue weighted by atomic mass is 10.1. The number of rotatable bonds is 13. The number of carbonyl (C=O) groups is 2. The number of methoxy groups -OCH3 is 1. The van der Waals surface area contributed by atoms with Gasteiger partial charge >= 0.3 is 6.03 Å². The highest BCUT2D eigenvalue weighted by Gasteiger charge is 2.29. The van der Waals surface area contributed by atoms with Crippen molar-refractivity contribution in [1.82, 2.24) is 19.8 Å². The molecule has 0 aliphatic carbocycles. The van der Waals surface area contributed by atoms with Crippen LogP contribution in [0.1, 0.15) is 38.2 Å². The largest absolute Gasteiger partial charge is 0.493 e. The van der Waals surface area contributed by atoms with Crippen LogP contribution in [0.3, 0.4) is 0 Å². The molecule has 2 fully saturated rings. The van der Waals surface area contributed by atoms with Gasteiger partial charge in [0.1, 0.15) is 5.65 Å². The lowest BCUT2D eigenvalue weighted by Crippen LogP contribution is -2.49. The summed E-state index contributed by atoms with van der Waals surface area (Å²) in [6.45, 7) is 6.40. The number of urea groups is 1. The summed E-state index contributed by atoms with van der Waals surface area (Å²) in [6.07, 6.45) is 7.60. The van der Waals surface area contributed by atoms with Crippen molar-refractivity contribution in [3.8, 4) is 11.5 Å². The molecule has 2 aliphatic rings. The Bertz CT molecular complexity index is 1370. The van der Waals surface area contributed by atoms with Crippen molar-refractivity contribution in [3.63, 3.8) is 0 Å². The topological polar surface area (TPSA) is 98.2 Å². The standard InChI is InChI=1S/C30H38ClN5O5/c1-3-4-5-15-41-26-16-23(7-8-25(26)39-2)36-13-6-12-35(30(36)38)17-21-9-10-32-28-27(21)24(31)18-34(28)14-11-33-29(37)22-19-40-20-22/h7-10,16,18,22H,3-6,11-15,17,19-20H2,1-2H3,(H,33,37). The Morgan fingerprint density at radius 3 is 2.80 bits per heavy atom. The summed E-state index contributed by atoms with van der Waals surface area (Å²) in [6, 6.07) is 7.50. The van der Waals surface area contributed by atoms with Crippen LogP contribution in [0.2, 0.25) is 5.02 Å². The summed E-state index contributed by atoms with van der Waals surface area (Å²) in [4.78, 5) is 34.0. The van der Waals surface area contributed by atoms with Crippen molar-refractivity contribution in [3.05, 3.63) is 47.2 Å². The van der Waals surface area contributed by atoms with Gasteiger partial charge in [0.05, 0.1) is 37.9 Å². The summed E-state index contributed by atoms with van der Waals surface area (Å²) in [7, 11) is 1.62. The molecule has 0 spiro atoms. The fourth-order valence-electron chi connectivity index (χ4n) is 5.22. The maximum atomic E-state index is 13.7. The number of fused-ring (bicyclic) bond motifs is 1. The van der Waals surface area contributed by atoms with Crippen molar-refractivity contribution in [2.45, 2.75) is 45.7 Å². The van der Waals surface area contributed by atoms with E-state index < -0.39 is 0 Å².